The number of carbonyl (C=O) groups is 2. The Balaban J connectivity index is 1.46. The first kappa shape index (κ1) is 18.0. The van der Waals surface area contributed by atoms with Gasteiger partial charge in [-0.15, -0.1) is 0 Å². The molecule has 0 aliphatic heterocycles. The van der Waals surface area contributed by atoms with Crippen LogP contribution in [0.25, 0.3) is 0 Å². The molecular formula is C21H30N2O2. The van der Waals surface area contributed by atoms with Crippen LogP contribution < -0.4 is 10.6 Å². The zero-order chi connectivity index (χ0) is 17.9. The maximum atomic E-state index is 12.2. The van der Waals surface area contributed by atoms with Crippen molar-refractivity contribution >= 4 is 11.8 Å². The van der Waals surface area contributed by atoms with Crippen LogP contribution in [0.15, 0.2) is 30.3 Å². The highest BCUT2D eigenvalue weighted by Crippen LogP contribution is 2.63. The molecule has 2 N–H and O–H groups in total. The van der Waals surface area contributed by atoms with E-state index in [1.54, 1.807) is 0 Å². The predicted molar refractivity (Wildman–Crippen MR) is 99.2 cm³/mol. The van der Waals surface area contributed by atoms with Crippen molar-refractivity contribution in [2.45, 2.75) is 70.3 Å². The second-order valence-electron chi connectivity index (χ2n) is 8.33. The summed E-state index contributed by atoms with van der Waals surface area (Å²) in [6.07, 6.45) is 6.17. The lowest BCUT2D eigenvalue weighted by Crippen LogP contribution is -2.36. The third kappa shape index (κ3) is 4.05. The molecule has 25 heavy (non-hydrogen) atoms. The fourth-order valence-electron chi connectivity index (χ4n) is 4.30. The van der Waals surface area contributed by atoms with Crippen LogP contribution in [0.2, 0.25) is 0 Å². The van der Waals surface area contributed by atoms with Gasteiger partial charge < -0.3 is 10.6 Å². The normalized spacial score (nSPS) is 24.7. The van der Waals surface area contributed by atoms with Gasteiger partial charge in [0.15, 0.2) is 0 Å². The second kappa shape index (κ2) is 7.19. The molecule has 136 valence electrons. The highest BCUT2D eigenvalue weighted by atomic mass is 16.2. The topological polar surface area (TPSA) is 58.2 Å². The van der Waals surface area contributed by atoms with E-state index in [0.717, 1.165) is 19.3 Å². The van der Waals surface area contributed by atoms with Crippen LogP contribution >= 0.6 is 0 Å². The molecule has 0 heterocycles. The molecule has 0 spiro atoms. The Hall–Kier alpha value is -1.84. The molecule has 1 aromatic rings. The molecule has 1 aromatic carbocycles. The van der Waals surface area contributed by atoms with Crippen LogP contribution in [0, 0.1) is 5.41 Å². The molecule has 1 atom stereocenters. The standard InChI is InChI=1S/C21H30N2O2/c1-20(2)14-21(20,16-8-4-3-5-9-16)15-22-18(24)12-13-19(25)23-17-10-6-7-11-17/h3-5,8-9,17H,6-7,10-15H2,1-2H3,(H,22,24)(H,23,25). The van der Waals surface area contributed by atoms with E-state index in [9.17, 15) is 9.59 Å². The summed E-state index contributed by atoms with van der Waals surface area (Å²) >= 11 is 0. The Labute approximate surface area is 150 Å². The van der Waals surface area contributed by atoms with Gasteiger partial charge in [-0.25, -0.2) is 0 Å². The Bertz CT molecular complexity index is 620. The minimum atomic E-state index is -0.0282. The molecule has 2 saturated carbocycles. The molecule has 4 heteroatoms. The molecule has 0 saturated heterocycles. The van der Waals surface area contributed by atoms with Crippen molar-refractivity contribution in [3.8, 4) is 0 Å². The number of hydrogen-bond donors (Lipinski definition) is 2. The van der Waals surface area contributed by atoms with Gasteiger partial charge in [0.05, 0.1) is 0 Å². The molecule has 2 aliphatic carbocycles. The minimum absolute atomic E-state index is 0.00609. The van der Waals surface area contributed by atoms with Crippen molar-refractivity contribution in [2.75, 3.05) is 6.54 Å². The summed E-state index contributed by atoms with van der Waals surface area (Å²) in [4.78, 5) is 24.2. The van der Waals surface area contributed by atoms with Crippen LogP contribution in [-0.2, 0) is 15.0 Å². The van der Waals surface area contributed by atoms with Crippen molar-refractivity contribution in [1.82, 2.24) is 10.6 Å². The third-order valence-electron chi connectivity index (χ3n) is 6.13. The first-order chi connectivity index (χ1) is 11.9. The number of nitrogens with one attached hydrogen (secondary N) is 2. The lowest BCUT2D eigenvalue weighted by atomic mass is 9.88. The van der Waals surface area contributed by atoms with Crippen LogP contribution in [0.5, 0.6) is 0 Å². The van der Waals surface area contributed by atoms with Crippen molar-refractivity contribution in [3.63, 3.8) is 0 Å². The largest absolute Gasteiger partial charge is 0.355 e. The van der Waals surface area contributed by atoms with Crippen LogP contribution in [0.3, 0.4) is 0 Å². The minimum Gasteiger partial charge on any atom is -0.355 e. The summed E-state index contributed by atoms with van der Waals surface area (Å²) < 4.78 is 0. The maximum Gasteiger partial charge on any atom is 0.220 e. The summed E-state index contributed by atoms with van der Waals surface area (Å²) in [5, 5.41) is 6.11. The average molecular weight is 342 g/mol. The quantitative estimate of drug-likeness (QED) is 0.799. The van der Waals surface area contributed by atoms with Gasteiger partial charge in [0.1, 0.15) is 0 Å². The van der Waals surface area contributed by atoms with Gasteiger partial charge in [-0.05, 0) is 30.2 Å². The summed E-state index contributed by atoms with van der Waals surface area (Å²) in [5.41, 5.74) is 1.51. The molecule has 2 amide bonds. The second-order valence-corrected chi connectivity index (χ2v) is 8.33. The molecule has 0 bridgehead atoms. The maximum absolute atomic E-state index is 12.2. The van der Waals surface area contributed by atoms with Crippen LogP contribution in [0.1, 0.15) is 64.4 Å². The number of carbonyl (C=O) groups excluding carboxylic acids is 2. The van der Waals surface area contributed by atoms with Crippen molar-refractivity contribution in [1.29, 1.82) is 0 Å². The fraction of sp³-hybridized carbons (Fsp3) is 0.619. The third-order valence-corrected chi connectivity index (χ3v) is 6.13. The Morgan fingerprint density at radius 3 is 2.24 bits per heavy atom. The van der Waals surface area contributed by atoms with E-state index in [1.807, 2.05) is 6.07 Å². The molecule has 0 aromatic heterocycles. The number of amides is 2. The molecular weight excluding hydrogens is 312 g/mol. The fourth-order valence-corrected chi connectivity index (χ4v) is 4.30. The van der Waals surface area contributed by atoms with E-state index in [4.69, 9.17) is 0 Å². The van der Waals surface area contributed by atoms with E-state index < -0.39 is 0 Å². The van der Waals surface area contributed by atoms with Crippen LogP contribution in [-0.4, -0.2) is 24.4 Å². The van der Waals surface area contributed by atoms with Gasteiger partial charge in [0.25, 0.3) is 0 Å². The monoisotopic (exact) mass is 342 g/mol. The molecule has 2 fully saturated rings. The summed E-state index contributed by atoms with van der Waals surface area (Å²) in [5.74, 6) is -0.0221. The average Bonchev–Trinajstić information content (AvgIpc) is 2.93. The van der Waals surface area contributed by atoms with Crippen molar-refractivity contribution in [2.24, 2.45) is 5.41 Å². The highest BCUT2D eigenvalue weighted by molar-refractivity contribution is 5.84. The van der Waals surface area contributed by atoms with Crippen LogP contribution in [0.4, 0.5) is 0 Å². The van der Waals surface area contributed by atoms with Crippen molar-refractivity contribution in [3.05, 3.63) is 35.9 Å². The SMILES string of the molecule is CC1(C)CC1(CNC(=O)CCC(=O)NC1CCCC1)c1ccccc1. The molecule has 0 radical (unpaired) electrons. The Morgan fingerprint density at radius 2 is 1.64 bits per heavy atom. The lowest BCUT2D eigenvalue weighted by Gasteiger charge is -2.22. The lowest BCUT2D eigenvalue weighted by molar-refractivity contribution is -0.126. The van der Waals surface area contributed by atoms with Gasteiger partial charge in [-0.2, -0.15) is 0 Å². The number of hydrogen-bond acceptors (Lipinski definition) is 2. The van der Waals surface area contributed by atoms with Gasteiger partial charge in [0, 0.05) is 30.8 Å². The first-order valence-corrected chi connectivity index (χ1v) is 9.55. The predicted octanol–water partition coefficient (Wildman–Crippen LogP) is 3.31. The highest BCUT2D eigenvalue weighted by Gasteiger charge is 2.61. The van der Waals surface area contributed by atoms with Gasteiger partial charge in [0.2, 0.25) is 11.8 Å². The number of rotatable bonds is 7. The Morgan fingerprint density at radius 1 is 1.04 bits per heavy atom. The van der Waals surface area contributed by atoms with E-state index in [-0.39, 0.29) is 35.5 Å². The molecule has 3 rings (SSSR count). The van der Waals surface area contributed by atoms with E-state index in [0.29, 0.717) is 12.6 Å². The zero-order valence-electron chi connectivity index (χ0n) is 15.4. The smallest absolute Gasteiger partial charge is 0.220 e. The van der Waals surface area contributed by atoms with E-state index in [1.165, 1.54) is 18.4 Å². The van der Waals surface area contributed by atoms with Crippen molar-refractivity contribution < 1.29 is 9.59 Å². The number of benzene rings is 1. The summed E-state index contributed by atoms with van der Waals surface area (Å²) in [6.45, 7) is 5.15. The van der Waals surface area contributed by atoms with Gasteiger partial charge in [-0.3, -0.25) is 9.59 Å². The molecule has 4 nitrogen and oxygen atoms in total. The molecule has 2 aliphatic rings. The van der Waals surface area contributed by atoms with Gasteiger partial charge in [-0.1, -0.05) is 57.0 Å². The van der Waals surface area contributed by atoms with E-state index >= 15 is 0 Å². The Kier molecular flexibility index (Phi) is 5.16. The van der Waals surface area contributed by atoms with E-state index in [2.05, 4.69) is 48.7 Å². The summed E-state index contributed by atoms with van der Waals surface area (Å²) in [7, 11) is 0. The molecule has 1 unspecified atom stereocenters. The summed E-state index contributed by atoms with van der Waals surface area (Å²) in [6, 6.07) is 10.8. The van der Waals surface area contributed by atoms with Gasteiger partial charge >= 0.3 is 0 Å². The zero-order valence-corrected chi connectivity index (χ0v) is 15.4. The first-order valence-electron chi connectivity index (χ1n) is 9.55.